The number of nitrogens with one attached hydrogen (secondary N) is 2. The molecule has 0 saturated heterocycles. The number of aliphatic carboxylic acids is 1. The fourth-order valence-corrected chi connectivity index (χ4v) is 2.37. The molecular formula is C12H19N5O3. The van der Waals surface area contributed by atoms with E-state index in [2.05, 4.69) is 20.5 Å². The third-order valence-corrected chi connectivity index (χ3v) is 3.60. The Morgan fingerprint density at radius 3 is 2.70 bits per heavy atom. The predicted molar refractivity (Wildman–Crippen MR) is 69.8 cm³/mol. The van der Waals surface area contributed by atoms with Crippen molar-refractivity contribution in [1.82, 2.24) is 25.4 Å². The van der Waals surface area contributed by atoms with Crippen molar-refractivity contribution in [2.45, 2.75) is 38.3 Å². The summed E-state index contributed by atoms with van der Waals surface area (Å²) in [5.41, 5.74) is 0. The van der Waals surface area contributed by atoms with Crippen LogP contribution in [0, 0.1) is 5.92 Å². The molecule has 0 aromatic carbocycles. The van der Waals surface area contributed by atoms with Gasteiger partial charge in [0.05, 0.1) is 12.5 Å². The molecule has 1 aromatic heterocycles. The van der Waals surface area contributed by atoms with Crippen molar-refractivity contribution in [3.8, 4) is 0 Å². The van der Waals surface area contributed by atoms with Crippen molar-refractivity contribution in [2.24, 2.45) is 5.92 Å². The summed E-state index contributed by atoms with van der Waals surface area (Å²) in [6, 6.07) is -0.129. The second-order valence-corrected chi connectivity index (χ2v) is 5.12. The summed E-state index contributed by atoms with van der Waals surface area (Å²) >= 11 is 0. The Labute approximate surface area is 116 Å². The monoisotopic (exact) mass is 281 g/mol. The lowest BCUT2D eigenvalue weighted by Crippen LogP contribution is -2.44. The first kappa shape index (κ1) is 14.3. The van der Waals surface area contributed by atoms with Gasteiger partial charge >= 0.3 is 12.0 Å². The molecule has 20 heavy (non-hydrogen) atoms. The molecule has 8 heteroatoms. The molecule has 1 aliphatic carbocycles. The zero-order chi connectivity index (χ0) is 14.5. The summed E-state index contributed by atoms with van der Waals surface area (Å²) in [6.45, 7) is 0.357. The summed E-state index contributed by atoms with van der Waals surface area (Å²) in [5.74, 6) is -0.385. The van der Waals surface area contributed by atoms with Crippen LogP contribution < -0.4 is 5.32 Å². The quantitative estimate of drug-likeness (QED) is 0.748. The second kappa shape index (κ2) is 6.36. The number of urea groups is 1. The first-order chi connectivity index (χ1) is 9.56. The number of carbonyl (C=O) groups excluding carboxylic acids is 1. The number of nitrogens with zero attached hydrogens (tertiary/aromatic N) is 3. The number of carboxylic acids is 1. The number of hydrogen-bond acceptors (Lipinski definition) is 4. The number of rotatable bonds is 4. The zero-order valence-electron chi connectivity index (χ0n) is 11.4. The molecule has 2 rings (SSSR count). The van der Waals surface area contributed by atoms with Gasteiger partial charge in [-0.3, -0.25) is 9.89 Å². The molecule has 0 atom stereocenters. The molecule has 1 fully saturated rings. The molecule has 0 spiro atoms. The van der Waals surface area contributed by atoms with Gasteiger partial charge < -0.3 is 15.3 Å². The molecule has 1 saturated carbocycles. The SMILES string of the molecule is CN(Cc1ncn[nH]1)C(=O)NC1CCC(C(=O)O)CC1. The van der Waals surface area contributed by atoms with Gasteiger partial charge in [-0.2, -0.15) is 5.10 Å². The van der Waals surface area contributed by atoms with Crippen molar-refractivity contribution in [3.05, 3.63) is 12.2 Å². The fraction of sp³-hybridized carbons (Fsp3) is 0.667. The van der Waals surface area contributed by atoms with Gasteiger partial charge in [0.25, 0.3) is 0 Å². The van der Waals surface area contributed by atoms with E-state index >= 15 is 0 Å². The highest BCUT2D eigenvalue weighted by atomic mass is 16.4. The smallest absolute Gasteiger partial charge is 0.317 e. The predicted octanol–water partition coefficient (Wildman–Crippen LogP) is 0.589. The Balaban J connectivity index is 1.76. The number of aromatic nitrogens is 3. The fourth-order valence-electron chi connectivity index (χ4n) is 2.37. The van der Waals surface area contributed by atoms with Crippen LogP contribution in [0.15, 0.2) is 6.33 Å². The van der Waals surface area contributed by atoms with Crippen LogP contribution in [-0.2, 0) is 11.3 Å². The minimum atomic E-state index is -0.739. The van der Waals surface area contributed by atoms with E-state index < -0.39 is 5.97 Å². The standard InChI is InChI=1S/C12H19N5O3/c1-17(6-10-13-7-14-16-10)12(20)15-9-4-2-8(3-5-9)11(18)19/h7-9H,2-6H2,1H3,(H,15,20)(H,18,19)(H,13,14,16). The first-order valence-corrected chi connectivity index (χ1v) is 6.65. The largest absolute Gasteiger partial charge is 0.481 e. The van der Waals surface area contributed by atoms with Gasteiger partial charge in [0.2, 0.25) is 0 Å². The Morgan fingerprint density at radius 1 is 1.45 bits per heavy atom. The molecule has 0 unspecified atom stereocenters. The van der Waals surface area contributed by atoms with E-state index in [1.165, 1.54) is 11.2 Å². The van der Waals surface area contributed by atoms with Crippen LogP contribution in [0.2, 0.25) is 0 Å². The third-order valence-electron chi connectivity index (χ3n) is 3.60. The van der Waals surface area contributed by atoms with Gasteiger partial charge in [-0.15, -0.1) is 0 Å². The average molecular weight is 281 g/mol. The normalized spacial score (nSPS) is 22.2. The molecule has 3 N–H and O–H groups in total. The highest BCUT2D eigenvalue weighted by molar-refractivity contribution is 5.74. The molecule has 1 aliphatic rings. The Morgan fingerprint density at radius 2 is 2.15 bits per heavy atom. The number of carboxylic acid groups (broad SMARTS) is 1. The summed E-state index contributed by atoms with van der Waals surface area (Å²) < 4.78 is 0. The molecular weight excluding hydrogens is 262 g/mol. The molecule has 1 heterocycles. The Hall–Kier alpha value is -2.12. The third kappa shape index (κ3) is 3.69. The van der Waals surface area contributed by atoms with E-state index in [-0.39, 0.29) is 18.0 Å². The van der Waals surface area contributed by atoms with Crippen LogP contribution in [0.25, 0.3) is 0 Å². The van der Waals surface area contributed by atoms with Crippen LogP contribution in [0.3, 0.4) is 0 Å². The average Bonchev–Trinajstić information content (AvgIpc) is 2.92. The number of carbonyl (C=O) groups is 2. The minimum Gasteiger partial charge on any atom is -0.481 e. The molecule has 2 amide bonds. The number of hydrogen-bond donors (Lipinski definition) is 3. The van der Waals surface area contributed by atoms with Gasteiger partial charge in [-0.1, -0.05) is 0 Å². The van der Waals surface area contributed by atoms with E-state index in [1.807, 2.05) is 0 Å². The van der Waals surface area contributed by atoms with Gasteiger partial charge in [0.1, 0.15) is 12.2 Å². The Bertz CT molecular complexity index is 454. The van der Waals surface area contributed by atoms with Gasteiger partial charge in [-0.05, 0) is 25.7 Å². The summed E-state index contributed by atoms with van der Waals surface area (Å²) in [7, 11) is 1.68. The van der Waals surface area contributed by atoms with Crippen LogP contribution in [-0.4, -0.2) is 50.3 Å². The van der Waals surface area contributed by atoms with Crippen molar-refractivity contribution in [1.29, 1.82) is 0 Å². The van der Waals surface area contributed by atoms with Crippen molar-refractivity contribution in [3.63, 3.8) is 0 Å². The van der Waals surface area contributed by atoms with Crippen LogP contribution in [0.4, 0.5) is 4.79 Å². The van der Waals surface area contributed by atoms with Crippen molar-refractivity contribution in [2.75, 3.05) is 7.05 Å². The lowest BCUT2D eigenvalue weighted by Gasteiger charge is -2.28. The van der Waals surface area contributed by atoms with Crippen LogP contribution in [0.5, 0.6) is 0 Å². The number of amides is 2. The molecule has 8 nitrogen and oxygen atoms in total. The van der Waals surface area contributed by atoms with E-state index in [1.54, 1.807) is 7.05 Å². The van der Waals surface area contributed by atoms with E-state index in [0.29, 0.717) is 38.1 Å². The maximum Gasteiger partial charge on any atom is 0.317 e. The number of aromatic amines is 1. The van der Waals surface area contributed by atoms with Crippen LogP contribution >= 0.6 is 0 Å². The van der Waals surface area contributed by atoms with Gasteiger partial charge in [-0.25, -0.2) is 9.78 Å². The lowest BCUT2D eigenvalue weighted by molar-refractivity contribution is -0.142. The highest BCUT2D eigenvalue weighted by Crippen LogP contribution is 2.24. The van der Waals surface area contributed by atoms with Crippen molar-refractivity contribution >= 4 is 12.0 Å². The topological polar surface area (TPSA) is 111 Å². The maximum atomic E-state index is 12.0. The Kier molecular flexibility index (Phi) is 4.54. The molecule has 110 valence electrons. The summed E-state index contributed by atoms with van der Waals surface area (Å²) in [4.78, 5) is 28.3. The van der Waals surface area contributed by atoms with Gasteiger partial charge in [0, 0.05) is 13.1 Å². The van der Waals surface area contributed by atoms with Crippen LogP contribution in [0.1, 0.15) is 31.5 Å². The molecule has 0 aliphatic heterocycles. The van der Waals surface area contributed by atoms with E-state index in [0.717, 1.165) is 0 Å². The lowest BCUT2D eigenvalue weighted by atomic mass is 9.86. The van der Waals surface area contributed by atoms with E-state index in [9.17, 15) is 9.59 Å². The zero-order valence-corrected chi connectivity index (χ0v) is 11.4. The van der Waals surface area contributed by atoms with Crippen molar-refractivity contribution < 1.29 is 14.7 Å². The second-order valence-electron chi connectivity index (χ2n) is 5.12. The molecule has 0 radical (unpaired) electrons. The van der Waals surface area contributed by atoms with E-state index in [4.69, 9.17) is 5.11 Å². The summed E-state index contributed by atoms with van der Waals surface area (Å²) in [6.07, 6.45) is 4.05. The summed E-state index contributed by atoms with van der Waals surface area (Å²) in [5, 5.41) is 18.3. The first-order valence-electron chi connectivity index (χ1n) is 6.65. The maximum absolute atomic E-state index is 12.0. The minimum absolute atomic E-state index is 0.0512. The molecule has 0 bridgehead atoms. The number of H-pyrrole nitrogens is 1. The van der Waals surface area contributed by atoms with Gasteiger partial charge in [0.15, 0.2) is 0 Å². The molecule has 1 aromatic rings. The highest BCUT2D eigenvalue weighted by Gasteiger charge is 2.27.